The molecule has 4 heteroatoms. The first kappa shape index (κ1) is 11.8. The van der Waals surface area contributed by atoms with Gasteiger partial charge in [0.1, 0.15) is 11.3 Å². The first-order valence-electron chi connectivity index (χ1n) is 5.63. The maximum Gasteiger partial charge on any atom is 0.134 e. The van der Waals surface area contributed by atoms with Gasteiger partial charge in [0.05, 0.1) is 10.4 Å². The van der Waals surface area contributed by atoms with Crippen molar-refractivity contribution in [2.24, 2.45) is 5.73 Å². The Bertz CT molecular complexity index is 701. The van der Waals surface area contributed by atoms with Crippen molar-refractivity contribution in [2.75, 3.05) is 0 Å². The molecule has 0 bridgehead atoms. The van der Waals surface area contributed by atoms with E-state index in [0.29, 0.717) is 0 Å². The van der Waals surface area contributed by atoms with Crippen molar-refractivity contribution < 1.29 is 4.42 Å². The topological polar surface area (TPSA) is 39.2 Å². The molecule has 0 aliphatic carbocycles. The molecule has 3 aromatic rings. The standard InChI is InChI=1S/C14H12ClNOS/c1-8-2-3-11-9(4-8)5-12(17-11)14(16)10-6-13(15)18-7-10/h2-7,14H,16H2,1H3. The molecule has 2 heterocycles. The zero-order valence-corrected chi connectivity index (χ0v) is 11.4. The Kier molecular flexibility index (Phi) is 2.90. The fraction of sp³-hybridized carbons (Fsp3) is 0.143. The lowest BCUT2D eigenvalue weighted by atomic mass is 10.1. The summed E-state index contributed by atoms with van der Waals surface area (Å²) in [4.78, 5) is 0. The van der Waals surface area contributed by atoms with Crippen LogP contribution < -0.4 is 5.73 Å². The lowest BCUT2D eigenvalue weighted by Crippen LogP contribution is -2.09. The van der Waals surface area contributed by atoms with E-state index in [4.69, 9.17) is 21.8 Å². The van der Waals surface area contributed by atoms with Crippen LogP contribution in [0.2, 0.25) is 4.34 Å². The molecule has 0 amide bonds. The number of furan rings is 1. The smallest absolute Gasteiger partial charge is 0.134 e. The third-order valence-corrected chi connectivity index (χ3v) is 4.05. The van der Waals surface area contributed by atoms with Gasteiger partial charge in [-0.05, 0) is 42.1 Å². The van der Waals surface area contributed by atoms with Gasteiger partial charge in [0.2, 0.25) is 0 Å². The van der Waals surface area contributed by atoms with Crippen LogP contribution in [0, 0.1) is 6.92 Å². The Morgan fingerprint density at radius 3 is 2.83 bits per heavy atom. The molecule has 0 saturated heterocycles. The van der Waals surface area contributed by atoms with Crippen LogP contribution >= 0.6 is 22.9 Å². The number of halogens is 1. The second-order valence-corrected chi connectivity index (χ2v) is 5.89. The van der Waals surface area contributed by atoms with E-state index in [1.807, 2.05) is 29.6 Å². The van der Waals surface area contributed by atoms with Crippen molar-refractivity contribution in [1.82, 2.24) is 0 Å². The number of hydrogen-bond donors (Lipinski definition) is 1. The summed E-state index contributed by atoms with van der Waals surface area (Å²) < 4.78 is 6.53. The molecular weight excluding hydrogens is 266 g/mol. The van der Waals surface area contributed by atoms with Gasteiger partial charge < -0.3 is 10.2 Å². The Labute approximate surface area is 114 Å². The summed E-state index contributed by atoms with van der Waals surface area (Å²) in [5, 5.41) is 3.05. The fourth-order valence-electron chi connectivity index (χ4n) is 1.99. The highest BCUT2D eigenvalue weighted by atomic mass is 35.5. The van der Waals surface area contributed by atoms with Gasteiger partial charge in [-0.15, -0.1) is 11.3 Å². The third kappa shape index (κ3) is 2.05. The molecule has 1 unspecified atom stereocenters. The molecule has 3 rings (SSSR count). The van der Waals surface area contributed by atoms with E-state index in [0.717, 1.165) is 26.6 Å². The predicted molar refractivity (Wildman–Crippen MR) is 76.3 cm³/mol. The van der Waals surface area contributed by atoms with Crippen LogP contribution in [0.3, 0.4) is 0 Å². The van der Waals surface area contributed by atoms with Crippen LogP contribution in [-0.4, -0.2) is 0 Å². The SMILES string of the molecule is Cc1ccc2oc(C(N)c3csc(Cl)c3)cc2c1. The van der Waals surface area contributed by atoms with Crippen molar-refractivity contribution in [3.8, 4) is 0 Å². The van der Waals surface area contributed by atoms with Crippen molar-refractivity contribution in [2.45, 2.75) is 13.0 Å². The van der Waals surface area contributed by atoms with E-state index in [-0.39, 0.29) is 6.04 Å². The maximum absolute atomic E-state index is 6.19. The highest BCUT2D eigenvalue weighted by Gasteiger charge is 2.15. The monoisotopic (exact) mass is 277 g/mol. The summed E-state index contributed by atoms with van der Waals surface area (Å²) in [5.41, 5.74) is 9.25. The molecule has 0 aliphatic rings. The normalized spacial score (nSPS) is 13.1. The molecule has 0 aliphatic heterocycles. The summed E-state index contributed by atoms with van der Waals surface area (Å²) in [6.07, 6.45) is 0. The summed E-state index contributed by atoms with van der Waals surface area (Å²) in [6.45, 7) is 2.06. The summed E-state index contributed by atoms with van der Waals surface area (Å²) in [7, 11) is 0. The average Bonchev–Trinajstić information content (AvgIpc) is 2.93. The first-order valence-corrected chi connectivity index (χ1v) is 6.89. The van der Waals surface area contributed by atoms with Crippen molar-refractivity contribution >= 4 is 33.9 Å². The molecule has 0 saturated carbocycles. The molecule has 2 aromatic heterocycles. The second kappa shape index (κ2) is 4.43. The minimum Gasteiger partial charge on any atom is -0.459 e. The van der Waals surface area contributed by atoms with E-state index in [9.17, 15) is 0 Å². The average molecular weight is 278 g/mol. The van der Waals surface area contributed by atoms with Crippen molar-refractivity contribution in [1.29, 1.82) is 0 Å². The third-order valence-electron chi connectivity index (χ3n) is 2.94. The van der Waals surface area contributed by atoms with Gasteiger partial charge in [-0.2, -0.15) is 0 Å². The molecule has 0 spiro atoms. The highest BCUT2D eigenvalue weighted by Crippen LogP contribution is 2.30. The van der Waals surface area contributed by atoms with Crippen LogP contribution in [-0.2, 0) is 0 Å². The summed E-state index contributed by atoms with van der Waals surface area (Å²) in [5.74, 6) is 0.769. The van der Waals surface area contributed by atoms with Gasteiger partial charge in [-0.3, -0.25) is 0 Å². The number of fused-ring (bicyclic) bond motifs is 1. The molecule has 92 valence electrons. The lowest BCUT2D eigenvalue weighted by Gasteiger charge is -2.04. The molecule has 1 aromatic carbocycles. The Morgan fingerprint density at radius 1 is 1.28 bits per heavy atom. The highest BCUT2D eigenvalue weighted by molar-refractivity contribution is 7.14. The van der Waals surface area contributed by atoms with E-state index in [1.165, 1.54) is 16.9 Å². The van der Waals surface area contributed by atoms with E-state index >= 15 is 0 Å². The van der Waals surface area contributed by atoms with Gasteiger partial charge >= 0.3 is 0 Å². The molecule has 18 heavy (non-hydrogen) atoms. The Morgan fingerprint density at radius 2 is 2.11 bits per heavy atom. The van der Waals surface area contributed by atoms with E-state index < -0.39 is 0 Å². The number of benzene rings is 1. The van der Waals surface area contributed by atoms with Gasteiger partial charge in [-0.25, -0.2) is 0 Å². The molecule has 0 radical (unpaired) electrons. The van der Waals surface area contributed by atoms with Crippen LogP contribution in [0.4, 0.5) is 0 Å². The summed E-state index contributed by atoms with van der Waals surface area (Å²) >= 11 is 7.40. The predicted octanol–water partition coefficient (Wildman–Crippen LogP) is 4.50. The number of rotatable bonds is 2. The van der Waals surface area contributed by atoms with Crippen molar-refractivity contribution in [3.63, 3.8) is 0 Å². The zero-order valence-electron chi connectivity index (χ0n) is 9.81. The van der Waals surface area contributed by atoms with Gasteiger partial charge in [-0.1, -0.05) is 23.2 Å². The molecule has 1 atom stereocenters. The van der Waals surface area contributed by atoms with Crippen LogP contribution in [0.5, 0.6) is 0 Å². The van der Waals surface area contributed by atoms with Gasteiger partial charge in [0, 0.05) is 5.39 Å². The van der Waals surface area contributed by atoms with Gasteiger partial charge in [0.25, 0.3) is 0 Å². The first-order chi connectivity index (χ1) is 8.63. The number of aryl methyl sites for hydroxylation is 1. The molecule has 2 nitrogen and oxygen atoms in total. The molecule has 2 N–H and O–H groups in total. The number of thiophene rings is 1. The van der Waals surface area contributed by atoms with Crippen LogP contribution in [0.15, 0.2) is 40.1 Å². The number of nitrogens with two attached hydrogens (primary N) is 1. The van der Waals surface area contributed by atoms with Gasteiger partial charge in [0.15, 0.2) is 0 Å². The van der Waals surface area contributed by atoms with E-state index in [2.05, 4.69) is 13.0 Å². The largest absolute Gasteiger partial charge is 0.459 e. The molecular formula is C14H12ClNOS. The van der Waals surface area contributed by atoms with Crippen LogP contribution in [0.1, 0.15) is 22.9 Å². The minimum absolute atomic E-state index is 0.263. The minimum atomic E-state index is -0.263. The maximum atomic E-state index is 6.19. The second-order valence-electron chi connectivity index (χ2n) is 4.35. The van der Waals surface area contributed by atoms with Crippen LogP contribution in [0.25, 0.3) is 11.0 Å². The quantitative estimate of drug-likeness (QED) is 0.749. The molecule has 0 fully saturated rings. The summed E-state index contributed by atoms with van der Waals surface area (Å²) in [6, 6.07) is 9.72. The Hall–Kier alpha value is -1.29. The zero-order chi connectivity index (χ0) is 12.7. The number of hydrogen-bond acceptors (Lipinski definition) is 3. The fourth-order valence-corrected chi connectivity index (χ4v) is 2.91. The Balaban J connectivity index is 2.03. The lowest BCUT2D eigenvalue weighted by molar-refractivity contribution is 0.525. The van der Waals surface area contributed by atoms with E-state index in [1.54, 1.807) is 0 Å². The van der Waals surface area contributed by atoms with Crippen molar-refractivity contribution in [3.05, 3.63) is 56.9 Å².